The number of halogens is 1. The van der Waals surface area contributed by atoms with Crippen molar-refractivity contribution < 1.29 is 8.42 Å². The van der Waals surface area contributed by atoms with E-state index < -0.39 is 10.0 Å². The van der Waals surface area contributed by atoms with Crippen LogP contribution in [-0.2, 0) is 16.6 Å². The van der Waals surface area contributed by atoms with Gasteiger partial charge in [0.15, 0.2) is 0 Å². The summed E-state index contributed by atoms with van der Waals surface area (Å²) in [7, 11) is -3.43. The second-order valence-electron chi connectivity index (χ2n) is 5.04. The summed E-state index contributed by atoms with van der Waals surface area (Å²) in [5.41, 5.74) is 5.65. The Hall–Kier alpha value is 0.0500. The average molecular weight is 353 g/mol. The molecule has 0 amide bonds. The Bertz CT molecular complexity index is 535. The van der Waals surface area contributed by atoms with Crippen LogP contribution >= 0.6 is 27.3 Å². The molecule has 1 heterocycles. The van der Waals surface area contributed by atoms with Crippen LogP contribution in [0.25, 0.3) is 0 Å². The summed E-state index contributed by atoms with van der Waals surface area (Å²) in [5.74, 6) is 0. The molecule has 1 aliphatic rings. The number of nitrogens with two attached hydrogens (primary N) is 1. The zero-order valence-corrected chi connectivity index (χ0v) is 13.4. The number of hydrogen-bond acceptors (Lipinski definition) is 4. The molecule has 1 aromatic rings. The molecule has 3 N–H and O–H groups in total. The normalized spacial score (nSPS) is 18.6. The van der Waals surface area contributed by atoms with Gasteiger partial charge in [-0.15, -0.1) is 11.3 Å². The minimum absolute atomic E-state index is 0.131. The molecule has 0 aromatic carbocycles. The molecule has 0 aliphatic heterocycles. The van der Waals surface area contributed by atoms with E-state index in [0.717, 1.165) is 17.7 Å². The highest BCUT2D eigenvalue weighted by Gasteiger charge is 2.33. The van der Waals surface area contributed by atoms with Gasteiger partial charge in [-0.25, -0.2) is 13.1 Å². The summed E-state index contributed by atoms with van der Waals surface area (Å²) in [5, 5.41) is 0. The van der Waals surface area contributed by atoms with E-state index >= 15 is 0 Å². The lowest BCUT2D eigenvalue weighted by atomic mass is 9.71. The number of sulfonamides is 1. The van der Waals surface area contributed by atoms with Gasteiger partial charge in [0, 0.05) is 18.0 Å². The monoisotopic (exact) mass is 352 g/mol. The van der Waals surface area contributed by atoms with E-state index in [9.17, 15) is 8.42 Å². The van der Waals surface area contributed by atoms with Gasteiger partial charge in [-0.2, -0.15) is 0 Å². The van der Waals surface area contributed by atoms with E-state index in [2.05, 4.69) is 27.6 Å². The molecule has 7 heteroatoms. The maximum atomic E-state index is 12.2. The molecule has 4 nitrogen and oxygen atoms in total. The number of thiophene rings is 1. The third-order valence-electron chi connectivity index (χ3n) is 3.45. The molecule has 1 aliphatic carbocycles. The standard InChI is InChI=1S/C11H17BrN2O2S2/c1-11(3-2-4-11)7-14-18(15,16)9-5-8(6-13)17-10(9)12/h5,14H,2-4,6-7,13H2,1H3. The van der Waals surface area contributed by atoms with Gasteiger partial charge in [-0.05, 0) is 40.3 Å². The lowest BCUT2D eigenvalue weighted by Gasteiger charge is -2.38. The Morgan fingerprint density at radius 1 is 1.56 bits per heavy atom. The first kappa shape index (κ1) is 14.5. The number of hydrogen-bond donors (Lipinski definition) is 2. The molecule has 1 saturated carbocycles. The van der Waals surface area contributed by atoms with E-state index in [1.54, 1.807) is 6.07 Å². The van der Waals surface area contributed by atoms with Crippen LogP contribution in [0, 0.1) is 5.41 Å². The summed E-state index contributed by atoms with van der Waals surface area (Å²) in [6.07, 6.45) is 3.38. The van der Waals surface area contributed by atoms with E-state index in [1.165, 1.54) is 17.8 Å². The van der Waals surface area contributed by atoms with Crippen LogP contribution in [0.4, 0.5) is 0 Å². The summed E-state index contributed by atoms with van der Waals surface area (Å²) in [4.78, 5) is 1.16. The van der Waals surface area contributed by atoms with Gasteiger partial charge < -0.3 is 5.73 Å². The van der Waals surface area contributed by atoms with Gasteiger partial charge in [0.05, 0.1) is 3.79 Å². The van der Waals surface area contributed by atoms with Gasteiger partial charge in [-0.1, -0.05) is 13.3 Å². The van der Waals surface area contributed by atoms with Crippen LogP contribution in [0.15, 0.2) is 14.7 Å². The molecule has 2 rings (SSSR count). The Balaban J connectivity index is 2.12. The minimum Gasteiger partial charge on any atom is -0.326 e. The molecule has 1 aromatic heterocycles. The van der Waals surface area contributed by atoms with E-state index in [4.69, 9.17) is 5.73 Å². The van der Waals surface area contributed by atoms with Crippen molar-refractivity contribution in [3.8, 4) is 0 Å². The van der Waals surface area contributed by atoms with Crippen LogP contribution in [-0.4, -0.2) is 15.0 Å². The fraction of sp³-hybridized carbons (Fsp3) is 0.636. The van der Waals surface area contributed by atoms with Crippen LogP contribution in [0.3, 0.4) is 0 Å². The highest BCUT2D eigenvalue weighted by Crippen LogP contribution is 2.40. The maximum Gasteiger partial charge on any atom is 0.242 e. The third-order valence-corrected chi connectivity index (χ3v) is 7.12. The van der Waals surface area contributed by atoms with Crippen molar-refractivity contribution in [2.24, 2.45) is 11.1 Å². The van der Waals surface area contributed by atoms with Crippen molar-refractivity contribution in [1.29, 1.82) is 0 Å². The van der Waals surface area contributed by atoms with Crippen molar-refractivity contribution >= 4 is 37.3 Å². The lowest BCUT2D eigenvalue weighted by molar-refractivity contribution is 0.166. The predicted octanol–water partition coefficient (Wildman–Crippen LogP) is 2.44. The largest absolute Gasteiger partial charge is 0.326 e. The summed E-state index contributed by atoms with van der Waals surface area (Å²) in [6, 6.07) is 1.64. The van der Waals surface area contributed by atoms with Crippen LogP contribution < -0.4 is 10.5 Å². The summed E-state index contributed by atoms with van der Waals surface area (Å²) in [6.45, 7) is 2.99. The SMILES string of the molecule is CC1(CNS(=O)(=O)c2cc(CN)sc2Br)CCC1. The number of nitrogens with one attached hydrogen (secondary N) is 1. The second-order valence-corrected chi connectivity index (χ2v) is 9.23. The Kier molecular flexibility index (Phi) is 4.18. The van der Waals surface area contributed by atoms with Gasteiger partial charge in [0.25, 0.3) is 0 Å². The Morgan fingerprint density at radius 3 is 2.67 bits per heavy atom. The molecule has 0 saturated heterocycles. The van der Waals surface area contributed by atoms with Gasteiger partial charge >= 0.3 is 0 Å². The smallest absolute Gasteiger partial charge is 0.242 e. The lowest BCUT2D eigenvalue weighted by Crippen LogP contribution is -2.39. The van der Waals surface area contributed by atoms with Crippen LogP contribution in [0.5, 0.6) is 0 Å². The quantitative estimate of drug-likeness (QED) is 0.854. The Morgan fingerprint density at radius 2 is 2.22 bits per heavy atom. The second kappa shape index (κ2) is 5.20. The fourth-order valence-corrected chi connectivity index (χ4v) is 5.74. The first-order chi connectivity index (χ1) is 8.36. The van der Waals surface area contributed by atoms with Gasteiger partial charge in [0.1, 0.15) is 4.90 Å². The predicted molar refractivity (Wildman–Crippen MR) is 77.1 cm³/mol. The van der Waals surface area contributed by atoms with Crippen molar-refractivity contribution in [3.63, 3.8) is 0 Å². The molecule has 0 atom stereocenters. The molecule has 0 bridgehead atoms. The first-order valence-electron chi connectivity index (χ1n) is 5.84. The highest BCUT2D eigenvalue weighted by atomic mass is 79.9. The minimum atomic E-state index is -3.43. The van der Waals surface area contributed by atoms with E-state index in [-0.39, 0.29) is 5.41 Å². The molecule has 1 fully saturated rings. The van der Waals surface area contributed by atoms with Crippen molar-refractivity contribution in [2.75, 3.05) is 6.54 Å². The van der Waals surface area contributed by atoms with E-state index in [0.29, 0.717) is 21.8 Å². The Labute approximate surface area is 120 Å². The molecule has 0 radical (unpaired) electrons. The van der Waals surface area contributed by atoms with Crippen molar-refractivity contribution in [1.82, 2.24) is 4.72 Å². The highest BCUT2D eigenvalue weighted by molar-refractivity contribution is 9.11. The van der Waals surface area contributed by atoms with E-state index in [1.807, 2.05) is 0 Å². The summed E-state index contributed by atoms with van der Waals surface area (Å²) >= 11 is 4.66. The first-order valence-corrected chi connectivity index (χ1v) is 8.93. The van der Waals surface area contributed by atoms with Gasteiger partial charge in [0.2, 0.25) is 10.0 Å². The molecule has 18 heavy (non-hydrogen) atoms. The zero-order chi connectivity index (χ0) is 13.4. The fourth-order valence-electron chi connectivity index (χ4n) is 1.99. The molecular weight excluding hydrogens is 336 g/mol. The van der Waals surface area contributed by atoms with Crippen molar-refractivity contribution in [3.05, 3.63) is 14.7 Å². The van der Waals surface area contributed by atoms with Crippen molar-refractivity contribution in [2.45, 2.75) is 37.6 Å². The average Bonchev–Trinajstić information content (AvgIpc) is 2.66. The molecule has 0 unspecified atom stereocenters. The summed E-state index contributed by atoms with van der Waals surface area (Å²) < 4.78 is 27.7. The third kappa shape index (κ3) is 2.96. The molecule has 102 valence electrons. The maximum absolute atomic E-state index is 12.2. The van der Waals surface area contributed by atoms with Gasteiger partial charge in [-0.3, -0.25) is 0 Å². The number of rotatable bonds is 5. The topological polar surface area (TPSA) is 72.2 Å². The zero-order valence-electron chi connectivity index (χ0n) is 10.2. The van der Waals surface area contributed by atoms with Crippen LogP contribution in [0.2, 0.25) is 0 Å². The van der Waals surface area contributed by atoms with Crippen LogP contribution in [0.1, 0.15) is 31.1 Å². The molecule has 0 spiro atoms. The molecular formula is C11H17BrN2O2S2.